The summed E-state index contributed by atoms with van der Waals surface area (Å²) in [6.45, 7) is 2.05. The number of hydrogen-bond acceptors (Lipinski definition) is 3. The molecule has 0 saturated carbocycles. The highest BCUT2D eigenvalue weighted by atomic mass is 35.5. The fourth-order valence-electron chi connectivity index (χ4n) is 2.11. The zero-order chi connectivity index (χ0) is 14.0. The second kappa shape index (κ2) is 6.14. The molecule has 2 aromatic rings. The van der Waals surface area contributed by atoms with Crippen molar-refractivity contribution in [3.63, 3.8) is 0 Å². The van der Waals surface area contributed by atoms with E-state index in [2.05, 4.69) is 18.3 Å². The van der Waals surface area contributed by atoms with Crippen molar-refractivity contribution in [3.8, 4) is 5.75 Å². The van der Waals surface area contributed by atoms with Crippen LogP contribution >= 0.6 is 34.5 Å². The average molecular weight is 316 g/mol. The summed E-state index contributed by atoms with van der Waals surface area (Å²) in [7, 11) is 3.57. The van der Waals surface area contributed by atoms with Crippen LogP contribution in [0, 0.1) is 6.92 Å². The fourth-order valence-corrected chi connectivity index (χ4v) is 3.64. The summed E-state index contributed by atoms with van der Waals surface area (Å²) in [5.41, 5.74) is 3.21. The highest BCUT2D eigenvalue weighted by Gasteiger charge is 2.21. The second-order valence-electron chi connectivity index (χ2n) is 4.25. The Balaban J connectivity index is 2.53. The topological polar surface area (TPSA) is 21.3 Å². The predicted molar refractivity (Wildman–Crippen MR) is 83.0 cm³/mol. The van der Waals surface area contributed by atoms with E-state index in [1.54, 1.807) is 7.11 Å². The SMILES string of the molecule is CNC(c1cc(C)ccc1OC)c1cc(Cl)sc1Cl. The number of methoxy groups -OCH3 is 1. The van der Waals surface area contributed by atoms with Gasteiger partial charge in [-0.1, -0.05) is 40.9 Å². The van der Waals surface area contributed by atoms with Crippen LogP contribution in [0.3, 0.4) is 0 Å². The molecule has 0 amide bonds. The first-order chi connectivity index (χ1) is 9.06. The molecule has 1 aromatic heterocycles. The summed E-state index contributed by atoms with van der Waals surface area (Å²) in [5, 5.41) is 3.27. The predicted octanol–water partition coefficient (Wildman–Crippen LogP) is 4.68. The van der Waals surface area contributed by atoms with Crippen molar-refractivity contribution in [3.05, 3.63) is 49.6 Å². The Labute approximate surface area is 127 Å². The van der Waals surface area contributed by atoms with Crippen LogP contribution in [0.15, 0.2) is 24.3 Å². The number of ether oxygens (including phenoxy) is 1. The number of thiophene rings is 1. The number of hydrogen-bond donors (Lipinski definition) is 1. The van der Waals surface area contributed by atoms with E-state index in [9.17, 15) is 0 Å². The minimum Gasteiger partial charge on any atom is -0.496 e. The minimum atomic E-state index is -0.0360. The molecule has 19 heavy (non-hydrogen) atoms. The normalized spacial score (nSPS) is 12.5. The van der Waals surface area contributed by atoms with Crippen LogP contribution in [0.4, 0.5) is 0 Å². The molecule has 0 fully saturated rings. The van der Waals surface area contributed by atoms with E-state index >= 15 is 0 Å². The third-order valence-corrected chi connectivity index (χ3v) is 4.50. The number of aryl methyl sites for hydroxylation is 1. The Morgan fingerprint density at radius 1 is 1.21 bits per heavy atom. The monoisotopic (exact) mass is 315 g/mol. The summed E-state index contributed by atoms with van der Waals surface area (Å²) in [6.07, 6.45) is 0. The van der Waals surface area contributed by atoms with E-state index in [0.717, 1.165) is 16.9 Å². The van der Waals surface area contributed by atoms with Gasteiger partial charge < -0.3 is 10.1 Å². The third-order valence-electron chi connectivity index (χ3n) is 2.98. The van der Waals surface area contributed by atoms with E-state index in [1.807, 2.05) is 25.2 Å². The number of nitrogens with one attached hydrogen (secondary N) is 1. The molecule has 0 aliphatic heterocycles. The summed E-state index contributed by atoms with van der Waals surface area (Å²) >= 11 is 13.7. The molecule has 102 valence electrons. The van der Waals surface area contributed by atoms with Gasteiger partial charge >= 0.3 is 0 Å². The van der Waals surface area contributed by atoms with Gasteiger partial charge in [-0.15, -0.1) is 11.3 Å². The first-order valence-electron chi connectivity index (χ1n) is 5.83. The van der Waals surface area contributed by atoms with Gasteiger partial charge in [-0.3, -0.25) is 0 Å². The molecular weight excluding hydrogens is 301 g/mol. The van der Waals surface area contributed by atoms with E-state index < -0.39 is 0 Å². The van der Waals surface area contributed by atoms with E-state index in [-0.39, 0.29) is 6.04 Å². The maximum Gasteiger partial charge on any atom is 0.124 e. The quantitative estimate of drug-likeness (QED) is 0.884. The van der Waals surface area contributed by atoms with E-state index in [1.165, 1.54) is 16.9 Å². The molecule has 1 N–H and O–H groups in total. The maximum atomic E-state index is 6.26. The highest BCUT2D eigenvalue weighted by Crippen LogP contribution is 2.39. The Morgan fingerprint density at radius 2 is 1.95 bits per heavy atom. The van der Waals surface area contributed by atoms with Crippen molar-refractivity contribution in [2.45, 2.75) is 13.0 Å². The van der Waals surface area contributed by atoms with Gasteiger partial charge in [-0.25, -0.2) is 0 Å². The van der Waals surface area contributed by atoms with Crippen LogP contribution in [0.2, 0.25) is 8.67 Å². The van der Waals surface area contributed by atoms with Crippen molar-refractivity contribution in [2.24, 2.45) is 0 Å². The molecule has 2 nitrogen and oxygen atoms in total. The van der Waals surface area contributed by atoms with Crippen molar-refractivity contribution in [1.29, 1.82) is 0 Å². The molecule has 2 rings (SSSR count). The molecule has 1 atom stereocenters. The van der Waals surface area contributed by atoms with Gasteiger partial charge in [0.05, 0.1) is 21.8 Å². The average Bonchev–Trinajstić information content (AvgIpc) is 2.70. The van der Waals surface area contributed by atoms with E-state index in [4.69, 9.17) is 27.9 Å². The molecule has 1 unspecified atom stereocenters. The molecule has 5 heteroatoms. The van der Waals surface area contributed by atoms with Crippen LogP contribution in [-0.4, -0.2) is 14.2 Å². The first kappa shape index (κ1) is 14.7. The lowest BCUT2D eigenvalue weighted by atomic mass is 9.98. The molecule has 0 bridgehead atoms. The number of benzene rings is 1. The lowest BCUT2D eigenvalue weighted by Crippen LogP contribution is -2.18. The molecule has 0 aliphatic carbocycles. The van der Waals surface area contributed by atoms with Crippen molar-refractivity contribution < 1.29 is 4.74 Å². The summed E-state index contributed by atoms with van der Waals surface area (Å²) < 4.78 is 6.83. The summed E-state index contributed by atoms with van der Waals surface area (Å²) in [6, 6.07) is 7.96. The Morgan fingerprint density at radius 3 is 2.47 bits per heavy atom. The highest BCUT2D eigenvalue weighted by molar-refractivity contribution is 7.20. The van der Waals surface area contributed by atoms with Crippen LogP contribution < -0.4 is 10.1 Å². The van der Waals surface area contributed by atoms with Gasteiger partial charge in [0.2, 0.25) is 0 Å². The molecule has 1 aromatic carbocycles. The zero-order valence-electron chi connectivity index (χ0n) is 11.0. The van der Waals surface area contributed by atoms with Gasteiger partial charge in [0, 0.05) is 11.1 Å². The van der Waals surface area contributed by atoms with Crippen LogP contribution in [0.25, 0.3) is 0 Å². The number of halogens is 2. The minimum absolute atomic E-state index is 0.0360. The molecule has 0 saturated heterocycles. The molecule has 0 radical (unpaired) electrons. The molecule has 0 aliphatic rings. The van der Waals surface area contributed by atoms with Gasteiger partial charge in [-0.2, -0.15) is 0 Å². The van der Waals surface area contributed by atoms with E-state index in [0.29, 0.717) is 8.67 Å². The number of rotatable bonds is 4. The zero-order valence-corrected chi connectivity index (χ0v) is 13.3. The van der Waals surface area contributed by atoms with Crippen molar-refractivity contribution >= 4 is 34.5 Å². The molecule has 1 heterocycles. The van der Waals surface area contributed by atoms with Gasteiger partial charge in [0.15, 0.2) is 0 Å². The van der Waals surface area contributed by atoms with Crippen LogP contribution in [0.1, 0.15) is 22.7 Å². The molecular formula is C14H15Cl2NOS. The first-order valence-corrected chi connectivity index (χ1v) is 7.40. The largest absolute Gasteiger partial charge is 0.496 e. The summed E-state index contributed by atoms with van der Waals surface area (Å²) in [4.78, 5) is 0. The van der Waals surface area contributed by atoms with Crippen LogP contribution in [-0.2, 0) is 0 Å². The van der Waals surface area contributed by atoms with Gasteiger partial charge in [-0.05, 0) is 26.1 Å². The third kappa shape index (κ3) is 3.06. The Bertz CT molecular complexity index is 583. The standard InChI is InChI=1S/C14H15Cl2NOS/c1-8-4-5-11(18-3)9(6-8)13(17-2)10-7-12(15)19-14(10)16/h4-7,13,17H,1-3H3. The van der Waals surface area contributed by atoms with Gasteiger partial charge in [0.25, 0.3) is 0 Å². The van der Waals surface area contributed by atoms with Gasteiger partial charge in [0.1, 0.15) is 5.75 Å². The Hall–Kier alpha value is -0.740. The lowest BCUT2D eigenvalue weighted by molar-refractivity contribution is 0.405. The molecule has 0 spiro atoms. The van der Waals surface area contributed by atoms with Crippen molar-refractivity contribution in [1.82, 2.24) is 5.32 Å². The maximum absolute atomic E-state index is 6.26. The van der Waals surface area contributed by atoms with Crippen molar-refractivity contribution in [2.75, 3.05) is 14.2 Å². The Kier molecular flexibility index (Phi) is 4.74. The second-order valence-corrected chi connectivity index (χ2v) is 6.53. The smallest absolute Gasteiger partial charge is 0.124 e. The fraction of sp³-hybridized carbons (Fsp3) is 0.286. The van der Waals surface area contributed by atoms with Crippen LogP contribution in [0.5, 0.6) is 5.75 Å². The lowest BCUT2D eigenvalue weighted by Gasteiger charge is -2.19. The summed E-state index contributed by atoms with van der Waals surface area (Å²) in [5.74, 6) is 0.836.